The van der Waals surface area contributed by atoms with Gasteiger partial charge in [-0.1, -0.05) is 6.07 Å². The number of nitrogens with zero attached hydrogens (tertiary/aromatic N) is 1. The van der Waals surface area contributed by atoms with Crippen LogP contribution in [-0.4, -0.2) is 35.1 Å². The van der Waals surface area contributed by atoms with Crippen molar-refractivity contribution in [1.82, 2.24) is 10.2 Å². The van der Waals surface area contributed by atoms with Gasteiger partial charge in [0.1, 0.15) is 5.82 Å². The van der Waals surface area contributed by atoms with Crippen molar-refractivity contribution >= 4 is 28.9 Å². The van der Waals surface area contributed by atoms with Crippen LogP contribution in [0.4, 0.5) is 10.1 Å². The molecule has 1 aromatic rings. The average molecular weight is 311 g/mol. The van der Waals surface area contributed by atoms with Crippen LogP contribution in [0.25, 0.3) is 0 Å². The lowest BCUT2D eigenvalue weighted by molar-refractivity contribution is -0.122. The first-order valence-electron chi connectivity index (χ1n) is 6.68. The molecule has 21 heavy (non-hydrogen) atoms. The second kappa shape index (κ2) is 6.85. The predicted octanol–water partition coefficient (Wildman–Crippen LogP) is 2.68. The Kier molecular flexibility index (Phi) is 5.66. The largest absolute Gasteiger partial charge is 0.350 e. The van der Waals surface area contributed by atoms with Gasteiger partial charge in [0.05, 0.1) is 6.54 Å². The summed E-state index contributed by atoms with van der Waals surface area (Å²) in [7, 11) is 1.71. The van der Waals surface area contributed by atoms with E-state index in [-0.39, 0.29) is 23.8 Å². The highest BCUT2D eigenvalue weighted by atomic mass is 32.1. The van der Waals surface area contributed by atoms with Crippen LogP contribution < -0.4 is 10.6 Å². The maximum atomic E-state index is 13.5. The molecule has 0 aromatic heterocycles. The molecule has 0 aliphatic heterocycles. The third-order valence-electron chi connectivity index (χ3n) is 2.66. The highest BCUT2D eigenvalue weighted by Crippen LogP contribution is 2.14. The van der Waals surface area contributed by atoms with E-state index in [4.69, 9.17) is 12.2 Å². The number of aryl methyl sites for hydroxylation is 1. The number of nitrogens with one attached hydrogen (secondary N) is 2. The Balaban J connectivity index is 2.58. The molecule has 4 nitrogen and oxygen atoms in total. The number of carbonyl (C=O) groups excluding carboxylic acids is 1. The summed E-state index contributed by atoms with van der Waals surface area (Å²) in [6.07, 6.45) is 0. The molecule has 2 N–H and O–H groups in total. The lowest BCUT2D eigenvalue weighted by Crippen LogP contribution is -2.47. The van der Waals surface area contributed by atoms with Gasteiger partial charge < -0.3 is 15.5 Å². The van der Waals surface area contributed by atoms with Crippen molar-refractivity contribution < 1.29 is 9.18 Å². The van der Waals surface area contributed by atoms with Crippen LogP contribution in [-0.2, 0) is 4.79 Å². The zero-order chi connectivity index (χ0) is 16.2. The van der Waals surface area contributed by atoms with Crippen LogP contribution in [0.2, 0.25) is 0 Å². The summed E-state index contributed by atoms with van der Waals surface area (Å²) in [5.74, 6) is -0.417. The van der Waals surface area contributed by atoms with Gasteiger partial charge in [0.25, 0.3) is 0 Å². The second-order valence-electron chi connectivity index (χ2n) is 6.05. The molecular formula is C15H22FN3OS. The monoisotopic (exact) mass is 311 g/mol. The first kappa shape index (κ1) is 17.4. The molecule has 0 radical (unpaired) electrons. The number of amides is 1. The van der Waals surface area contributed by atoms with E-state index in [0.29, 0.717) is 16.4 Å². The summed E-state index contributed by atoms with van der Waals surface area (Å²) < 4.78 is 13.5. The average Bonchev–Trinajstić information content (AvgIpc) is 2.31. The zero-order valence-electron chi connectivity index (χ0n) is 13.1. The van der Waals surface area contributed by atoms with Gasteiger partial charge in [-0.25, -0.2) is 4.39 Å². The quantitative estimate of drug-likeness (QED) is 0.843. The molecule has 0 aliphatic carbocycles. The van der Waals surface area contributed by atoms with Crippen LogP contribution in [0.1, 0.15) is 26.3 Å². The molecule has 116 valence electrons. The van der Waals surface area contributed by atoms with Crippen molar-refractivity contribution in [3.05, 3.63) is 29.6 Å². The maximum Gasteiger partial charge on any atom is 0.239 e. The van der Waals surface area contributed by atoms with Crippen molar-refractivity contribution in [2.45, 2.75) is 33.2 Å². The maximum absolute atomic E-state index is 13.5. The minimum absolute atomic E-state index is 0.121. The fourth-order valence-electron chi connectivity index (χ4n) is 1.63. The second-order valence-corrected chi connectivity index (χ2v) is 6.44. The van der Waals surface area contributed by atoms with Gasteiger partial charge >= 0.3 is 0 Å². The van der Waals surface area contributed by atoms with Gasteiger partial charge in [-0.15, -0.1) is 0 Å². The number of rotatable bonds is 3. The van der Waals surface area contributed by atoms with E-state index in [9.17, 15) is 9.18 Å². The van der Waals surface area contributed by atoms with Gasteiger partial charge in [-0.2, -0.15) is 0 Å². The number of anilines is 1. The predicted molar refractivity (Wildman–Crippen MR) is 87.9 cm³/mol. The molecule has 0 atom stereocenters. The van der Waals surface area contributed by atoms with Gasteiger partial charge in [0, 0.05) is 18.3 Å². The van der Waals surface area contributed by atoms with Crippen LogP contribution in [0, 0.1) is 12.7 Å². The van der Waals surface area contributed by atoms with Crippen molar-refractivity contribution in [1.29, 1.82) is 0 Å². The lowest BCUT2D eigenvalue weighted by Gasteiger charge is -2.25. The number of carbonyl (C=O) groups is 1. The minimum Gasteiger partial charge on any atom is -0.350 e. The molecule has 0 aliphatic rings. The summed E-state index contributed by atoms with van der Waals surface area (Å²) in [4.78, 5) is 13.4. The SMILES string of the molecule is Cc1ccc(NC(=S)N(C)CC(=O)NC(C)(C)C)cc1F. The van der Waals surface area contributed by atoms with E-state index in [0.717, 1.165) is 0 Å². The highest BCUT2D eigenvalue weighted by molar-refractivity contribution is 7.80. The minimum atomic E-state index is -0.295. The Morgan fingerprint density at radius 2 is 2.00 bits per heavy atom. The summed E-state index contributed by atoms with van der Waals surface area (Å²) >= 11 is 5.21. The van der Waals surface area contributed by atoms with Crippen molar-refractivity contribution in [2.75, 3.05) is 18.9 Å². The summed E-state index contributed by atoms with van der Waals surface area (Å²) in [6, 6.07) is 4.80. The zero-order valence-corrected chi connectivity index (χ0v) is 13.9. The van der Waals surface area contributed by atoms with Crippen LogP contribution in [0.15, 0.2) is 18.2 Å². The van der Waals surface area contributed by atoms with Crippen LogP contribution in [0.3, 0.4) is 0 Å². The first-order valence-corrected chi connectivity index (χ1v) is 7.08. The van der Waals surface area contributed by atoms with Gasteiger partial charge in [0.15, 0.2) is 5.11 Å². The Labute approximate surface area is 130 Å². The Morgan fingerprint density at radius 3 is 2.52 bits per heavy atom. The lowest BCUT2D eigenvalue weighted by atomic mass is 10.1. The Bertz CT molecular complexity index is 540. The van der Waals surface area contributed by atoms with E-state index in [1.165, 1.54) is 6.07 Å². The van der Waals surface area contributed by atoms with Gasteiger partial charge in [-0.3, -0.25) is 4.79 Å². The third kappa shape index (κ3) is 6.08. The van der Waals surface area contributed by atoms with Crippen LogP contribution >= 0.6 is 12.2 Å². The number of halogens is 1. The number of benzene rings is 1. The number of likely N-dealkylation sites (N-methyl/N-ethyl adjacent to an activating group) is 1. The normalized spacial score (nSPS) is 11.0. The Morgan fingerprint density at radius 1 is 1.38 bits per heavy atom. The fraction of sp³-hybridized carbons (Fsp3) is 0.467. The van der Waals surface area contributed by atoms with E-state index < -0.39 is 0 Å². The van der Waals surface area contributed by atoms with E-state index in [1.807, 2.05) is 20.8 Å². The highest BCUT2D eigenvalue weighted by Gasteiger charge is 2.16. The van der Waals surface area contributed by atoms with Crippen molar-refractivity contribution in [3.8, 4) is 0 Å². The standard InChI is InChI=1S/C15H22FN3OS/c1-10-6-7-11(8-12(10)16)17-14(21)19(5)9-13(20)18-15(2,3)4/h6-8H,9H2,1-5H3,(H,17,21)(H,18,20). The molecular weight excluding hydrogens is 289 g/mol. The molecule has 0 saturated heterocycles. The molecule has 0 bridgehead atoms. The van der Waals surface area contributed by atoms with E-state index >= 15 is 0 Å². The molecule has 1 aromatic carbocycles. The summed E-state index contributed by atoms with van der Waals surface area (Å²) in [5.41, 5.74) is 0.850. The molecule has 0 heterocycles. The molecule has 1 amide bonds. The van der Waals surface area contributed by atoms with E-state index in [2.05, 4.69) is 10.6 Å². The van der Waals surface area contributed by atoms with Gasteiger partial charge in [-0.05, 0) is 57.6 Å². The van der Waals surface area contributed by atoms with Crippen molar-refractivity contribution in [2.24, 2.45) is 0 Å². The molecule has 0 spiro atoms. The third-order valence-corrected chi connectivity index (χ3v) is 3.08. The summed E-state index contributed by atoms with van der Waals surface area (Å²) in [5, 5.41) is 6.14. The number of hydrogen-bond donors (Lipinski definition) is 2. The number of hydrogen-bond acceptors (Lipinski definition) is 2. The summed E-state index contributed by atoms with van der Waals surface area (Å²) in [6.45, 7) is 7.57. The fourth-order valence-corrected chi connectivity index (χ4v) is 1.82. The first-order chi connectivity index (χ1) is 9.58. The smallest absolute Gasteiger partial charge is 0.239 e. The molecule has 1 rings (SSSR count). The van der Waals surface area contributed by atoms with E-state index in [1.54, 1.807) is 31.0 Å². The molecule has 6 heteroatoms. The van der Waals surface area contributed by atoms with Crippen LogP contribution in [0.5, 0.6) is 0 Å². The molecule has 0 fully saturated rings. The Hall–Kier alpha value is -1.69. The van der Waals surface area contributed by atoms with Gasteiger partial charge in [0.2, 0.25) is 5.91 Å². The topological polar surface area (TPSA) is 44.4 Å². The van der Waals surface area contributed by atoms with Crippen molar-refractivity contribution in [3.63, 3.8) is 0 Å². The molecule has 0 unspecified atom stereocenters. The number of thiocarbonyl (C=S) groups is 1. The molecule has 0 saturated carbocycles.